The van der Waals surface area contributed by atoms with Crippen molar-refractivity contribution in [1.82, 2.24) is 5.32 Å². The second kappa shape index (κ2) is 6.79. The molecule has 104 valence electrons. The number of benzene rings is 1. The van der Waals surface area contributed by atoms with E-state index in [0.29, 0.717) is 0 Å². The van der Waals surface area contributed by atoms with E-state index in [2.05, 4.69) is 10.1 Å². The zero-order valence-corrected chi connectivity index (χ0v) is 10.2. The highest BCUT2D eigenvalue weighted by Gasteiger charge is 2.21. The van der Waals surface area contributed by atoms with Crippen LogP contribution >= 0.6 is 0 Å². The zero-order valence-electron chi connectivity index (χ0n) is 10.2. The molecule has 0 heterocycles. The number of halogens is 2. The summed E-state index contributed by atoms with van der Waals surface area (Å²) in [7, 11) is 1.10. The second-order valence-electron chi connectivity index (χ2n) is 3.72. The fourth-order valence-electron chi connectivity index (χ4n) is 1.42. The molecule has 0 aliphatic heterocycles. The van der Waals surface area contributed by atoms with Crippen molar-refractivity contribution in [3.05, 3.63) is 35.4 Å². The Hall–Kier alpha value is -2.02. The van der Waals surface area contributed by atoms with Crippen LogP contribution in [0.25, 0.3) is 0 Å². The highest BCUT2D eigenvalue weighted by Crippen LogP contribution is 2.11. The van der Waals surface area contributed by atoms with Crippen LogP contribution in [-0.2, 0) is 20.7 Å². The molecule has 0 fully saturated rings. The van der Waals surface area contributed by atoms with Gasteiger partial charge in [-0.25, -0.2) is 13.6 Å². The van der Waals surface area contributed by atoms with Crippen molar-refractivity contribution >= 4 is 11.9 Å². The Morgan fingerprint density at radius 2 is 2.11 bits per heavy atom. The van der Waals surface area contributed by atoms with Gasteiger partial charge in [0.15, 0.2) is 17.7 Å². The third-order valence-corrected chi connectivity index (χ3v) is 2.39. The zero-order chi connectivity index (χ0) is 14.4. The lowest BCUT2D eigenvalue weighted by molar-refractivity contribution is -0.146. The Morgan fingerprint density at radius 1 is 1.42 bits per heavy atom. The first-order valence-electron chi connectivity index (χ1n) is 5.40. The average molecular weight is 273 g/mol. The number of ether oxygens (including phenoxy) is 1. The highest BCUT2D eigenvalue weighted by atomic mass is 19.2. The summed E-state index contributed by atoms with van der Waals surface area (Å²) in [6.07, 6.45) is -0.447. The number of hydrogen-bond acceptors (Lipinski definition) is 4. The fraction of sp³-hybridized carbons (Fsp3) is 0.333. The number of aliphatic hydroxyl groups is 1. The van der Waals surface area contributed by atoms with Crippen molar-refractivity contribution in [1.29, 1.82) is 0 Å². The quantitative estimate of drug-likeness (QED) is 0.749. The van der Waals surface area contributed by atoms with Gasteiger partial charge < -0.3 is 15.2 Å². The number of methoxy groups -OCH3 is 1. The summed E-state index contributed by atoms with van der Waals surface area (Å²) < 4.78 is 30.6. The molecule has 19 heavy (non-hydrogen) atoms. The molecule has 0 saturated carbocycles. The van der Waals surface area contributed by atoms with Gasteiger partial charge in [-0.15, -0.1) is 0 Å². The molecular weight excluding hydrogens is 260 g/mol. The first kappa shape index (κ1) is 15.0. The summed E-state index contributed by atoms with van der Waals surface area (Å²) >= 11 is 0. The molecule has 1 unspecified atom stereocenters. The number of amides is 1. The summed E-state index contributed by atoms with van der Waals surface area (Å²) in [5.41, 5.74) is -0.140. The van der Waals surface area contributed by atoms with Crippen molar-refractivity contribution in [2.75, 3.05) is 13.7 Å². The van der Waals surface area contributed by atoms with Crippen molar-refractivity contribution in [3.63, 3.8) is 0 Å². The van der Waals surface area contributed by atoms with Crippen LogP contribution < -0.4 is 5.32 Å². The minimum Gasteiger partial charge on any atom is -0.467 e. The minimum absolute atomic E-state index is 0.140. The van der Waals surface area contributed by atoms with E-state index in [1.165, 1.54) is 12.1 Å². The summed E-state index contributed by atoms with van der Waals surface area (Å²) in [5.74, 6) is -3.72. The van der Waals surface area contributed by atoms with E-state index in [1.807, 2.05) is 0 Å². The first-order valence-corrected chi connectivity index (χ1v) is 5.40. The van der Waals surface area contributed by atoms with Crippen LogP contribution in [0.4, 0.5) is 8.78 Å². The fourth-order valence-corrected chi connectivity index (χ4v) is 1.42. The lowest BCUT2D eigenvalue weighted by Crippen LogP contribution is -2.44. The van der Waals surface area contributed by atoms with Gasteiger partial charge in [0, 0.05) is 5.56 Å². The lowest BCUT2D eigenvalue weighted by atomic mass is 10.1. The lowest BCUT2D eigenvalue weighted by Gasteiger charge is -2.13. The van der Waals surface area contributed by atoms with Gasteiger partial charge in [-0.05, 0) is 6.07 Å². The minimum atomic E-state index is -1.23. The number of aliphatic hydroxyl groups excluding tert-OH is 1. The van der Waals surface area contributed by atoms with Crippen molar-refractivity contribution in [3.8, 4) is 0 Å². The maximum absolute atomic E-state index is 13.3. The largest absolute Gasteiger partial charge is 0.467 e. The average Bonchev–Trinajstić information content (AvgIpc) is 2.40. The predicted molar refractivity (Wildman–Crippen MR) is 61.1 cm³/mol. The summed E-state index contributed by atoms with van der Waals surface area (Å²) in [5, 5.41) is 11.1. The predicted octanol–water partition coefficient (Wildman–Crippen LogP) is 0.157. The molecule has 0 bridgehead atoms. The van der Waals surface area contributed by atoms with Crippen molar-refractivity contribution < 1.29 is 28.2 Å². The molecular formula is C12H13F2NO4. The smallest absolute Gasteiger partial charge is 0.330 e. The summed E-state index contributed by atoms with van der Waals surface area (Å²) in [6, 6.07) is 2.23. The van der Waals surface area contributed by atoms with E-state index in [-0.39, 0.29) is 5.56 Å². The molecule has 0 radical (unpaired) electrons. The van der Waals surface area contributed by atoms with E-state index in [0.717, 1.165) is 13.2 Å². The van der Waals surface area contributed by atoms with Crippen LogP contribution in [0.15, 0.2) is 18.2 Å². The number of nitrogens with one attached hydrogen (secondary N) is 1. The van der Waals surface area contributed by atoms with Gasteiger partial charge in [-0.2, -0.15) is 0 Å². The van der Waals surface area contributed by atoms with E-state index < -0.39 is 42.6 Å². The maximum Gasteiger partial charge on any atom is 0.330 e. The van der Waals surface area contributed by atoms with E-state index >= 15 is 0 Å². The van der Waals surface area contributed by atoms with Crippen LogP contribution in [0, 0.1) is 11.6 Å². The number of rotatable bonds is 5. The second-order valence-corrected chi connectivity index (χ2v) is 3.72. The van der Waals surface area contributed by atoms with Crippen molar-refractivity contribution in [2.45, 2.75) is 12.5 Å². The molecule has 1 amide bonds. The van der Waals surface area contributed by atoms with Gasteiger partial charge in [0.25, 0.3) is 0 Å². The van der Waals surface area contributed by atoms with E-state index in [4.69, 9.17) is 5.11 Å². The van der Waals surface area contributed by atoms with Gasteiger partial charge in [0.2, 0.25) is 5.91 Å². The molecule has 0 aliphatic rings. The molecule has 0 spiro atoms. The van der Waals surface area contributed by atoms with Gasteiger partial charge >= 0.3 is 5.97 Å². The molecule has 0 aromatic heterocycles. The molecule has 1 rings (SSSR count). The Morgan fingerprint density at radius 3 is 2.68 bits per heavy atom. The monoisotopic (exact) mass is 273 g/mol. The van der Waals surface area contributed by atoms with Crippen LogP contribution in [0.3, 0.4) is 0 Å². The summed E-state index contributed by atoms with van der Waals surface area (Å²) in [6.45, 7) is -0.649. The molecule has 0 aliphatic carbocycles. The van der Waals surface area contributed by atoms with Crippen LogP contribution in [0.2, 0.25) is 0 Å². The van der Waals surface area contributed by atoms with Gasteiger partial charge in [-0.3, -0.25) is 4.79 Å². The molecule has 1 aromatic rings. The molecule has 1 atom stereocenters. The SMILES string of the molecule is COC(=O)C(CO)NC(=O)Cc1cccc(F)c1F. The van der Waals surface area contributed by atoms with E-state index in [9.17, 15) is 18.4 Å². The molecule has 5 nitrogen and oxygen atoms in total. The van der Waals surface area contributed by atoms with Gasteiger partial charge in [0.1, 0.15) is 0 Å². The first-order chi connectivity index (χ1) is 8.99. The van der Waals surface area contributed by atoms with Gasteiger partial charge in [-0.1, -0.05) is 12.1 Å². The van der Waals surface area contributed by atoms with Crippen molar-refractivity contribution in [2.24, 2.45) is 0 Å². The Bertz CT molecular complexity index is 479. The van der Waals surface area contributed by atoms with Crippen LogP contribution in [0.5, 0.6) is 0 Å². The normalized spacial score (nSPS) is 11.8. The Labute approximate surface area is 108 Å². The number of carbonyl (C=O) groups is 2. The third kappa shape index (κ3) is 3.99. The maximum atomic E-state index is 13.3. The third-order valence-electron chi connectivity index (χ3n) is 2.39. The molecule has 1 aromatic carbocycles. The van der Waals surface area contributed by atoms with Crippen LogP contribution in [0.1, 0.15) is 5.56 Å². The Balaban J connectivity index is 2.69. The topological polar surface area (TPSA) is 75.6 Å². The number of carbonyl (C=O) groups excluding carboxylic acids is 2. The van der Waals surface area contributed by atoms with Gasteiger partial charge in [0.05, 0.1) is 20.1 Å². The molecule has 7 heteroatoms. The number of esters is 1. The molecule has 2 N–H and O–H groups in total. The van der Waals surface area contributed by atoms with E-state index in [1.54, 1.807) is 0 Å². The summed E-state index contributed by atoms with van der Waals surface area (Å²) in [4.78, 5) is 22.7. The standard InChI is InChI=1S/C12H13F2NO4/c1-19-12(18)9(6-16)15-10(17)5-7-3-2-4-8(13)11(7)14/h2-4,9,16H,5-6H2,1H3,(H,15,17). The molecule has 0 saturated heterocycles. The Kier molecular flexibility index (Phi) is 5.37. The van der Waals surface area contributed by atoms with Crippen LogP contribution in [-0.4, -0.2) is 36.7 Å². The number of hydrogen-bond donors (Lipinski definition) is 2. The highest BCUT2D eigenvalue weighted by molar-refractivity contribution is 5.85.